The van der Waals surface area contributed by atoms with Crippen LogP contribution in [-0.2, 0) is 9.53 Å². The van der Waals surface area contributed by atoms with E-state index in [9.17, 15) is 4.79 Å². The van der Waals surface area contributed by atoms with Crippen molar-refractivity contribution in [3.63, 3.8) is 0 Å². The Morgan fingerprint density at radius 2 is 1.12 bits per heavy atom. The smallest absolute Gasteiger partial charge is 0.308 e. The lowest BCUT2D eigenvalue weighted by atomic mass is 9.89. The molecule has 0 heterocycles. The van der Waals surface area contributed by atoms with E-state index in [1.807, 2.05) is 0 Å². The second-order valence-electron chi connectivity index (χ2n) is 8.10. The first kappa shape index (κ1) is 25.8. The average molecular weight is 389 g/mol. The number of hydrogen-bond donors (Lipinski definition) is 0. The Balaban J connectivity index is 0.00000625. The first-order valence-corrected chi connectivity index (χ1v) is 11.5. The van der Waals surface area contributed by atoms with Gasteiger partial charge in [0.1, 0.15) is 0 Å². The quantitative estimate of drug-likeness (QED) is 0.197. The van der Waals surface area contributed by atoms with Gasteiger partial charge in [-0.1, -0.05) is 110 Å². The topological polar surface area (TPSA) is 26.3 Å². The fraction of sp³-hybridized carbons (Fsp3) is 0.957. The maximum Gasteiger partial charge on any atom is 0.308 e. The molecular weight excluding hydrogens is 344 g/mol. The van der Waals surface area contributed by atoms with Gasteiger partial charge in [0, 0.05) is 0 Å². The molecule has 0 aromatic carbocycles. The van der Waals surface area contributed by atoms with Crippen LogP contribution >= 0.6 is 12.4 Å². The molecule has 0 aromatic heterocycles. The van der Waals surface area contributed by atoms with E-state index in [0.717, 1.165) is 19.3 Å². The Morgan fingerprint density at radius 1 is 0.692 bits per heavy atom. The van der Waals surface area contributed by atoms with Crippen molar-refractivity contribution >= 4 is 18.4 Å². The minimum Gasteiger partial charge on any atom is -0.465 e. The molecule has 26 heavy (non-hydrogen) atoms. The molecule has 0 spiro atoms. The van der Waals surface area contributed by atoms with Gasteiger partial charge in [-0.2, -0.15) is 0 Å². The summed E-state index contributed by atoms with van der Waals surface area (Å²) >= 11 is 0. The number of hydrogen-bond acceptors (Lipinski definition) is 2. The van der Waals surface area contributed by atoms with Gasteiger partial charge in [0.15, 0.2) is 0 Å². The third kappa shape index (κ3) is 14.9. The van der Waals surface area contributed by atoms with Gasteiger partial charge in [-0.15, -0.1) is 12.4 Å². The largest absolute Gasteiger partial charge is 0.465 e. The van der Waals surface area contributed by atoms with Crippen LogP contribution in [0.1, 0.15) is 129 Å². The van der Waals surface area contributed by atoms with Crippen molar-refractivity contribution in [3.8, 4) is 0 Å². The molecule has 0 saturated heterocycles. The van der Waals surface area contributed by atoms with Gasteiger partial charge in [-0.3, -0.25) is 4.79 Å². The van der Waals surface area contributed by atoms with E-state index in [0.29, 0.717) is 6.61 Å². The van der Waals surface area contributed by atoms with E-state index < -0.39 is 0 Å². The molecule has 156 valence electrons. The lowest BCUT2D eigenvalue weighted by Crippen LogP contribution is -2.20. The van der Waals surface area contributed by atoms with Crippen molar-refractivity contribution in [3.05, 3.63) is 0 Å². The van der Waals surface area contributed by atoms with E-state index in [1.165, 1.54) is 103 Å². The average Bonchev–Trinajstić information content (AvgIpc) is 2.65. The van der Waals surface area contributed by atoms with Crippen LogP contribution in [0.5, 0.6) is 0 Å². The predicted octanol–water partition coefficient (Wildman–Crippen LogP) is 8.01. The molecule has 0 aromatic rings. The second-order valence-corrected chi connectivity index (χ2v) is 8.10. The highest BCUT2D eigenvalue weighted by atomic mass is 35.5. The van der Waals surface area contributed by atoms with Gasteiger partial charge < -0.3 is 4.74 Å². The molecule has 2 nitrogen and oxygen atoms in total. The van der Waals surface area contributed by atoms with E-state index >= 15 is 0 Å². The van der Waals surface area contributed by atoms with Crippen molar-refractivity contribution in [2.45, 2.75) is 129 Å². The Kier molecular flexibility index (Phi) is 19.3. The molecule has 0 N–H and O–H groups in total. The van der Waals surface area contributed by atoms with Crippen LogP contribution in [0.25, 0.3) is 0 Å². The van der Waals surface area contributed by atoms with Crippen LogP contribution in [0.4, 0.5) is 0 Å². The summed E-state index contributed by atoms with van der Waals surface area (Å²) < 4.78 is 5.45. The lowest BCUT2D eigenvalue weighted by Gasteiger charge is -2.19. The molecule has 1 saturated carbocycles. The van der Waals surface area contributed by atoms with E-state index in [2.05, 4.69) is 6.92 Å². The lowest BCUT2D eigenvalue weighted by molar-refractivity contribution is -0.149. The fourth-order valence-corrected chi connectivity index (χ4v) is 3.93. The van der Waals surface area contributed by atoms with Gasteiger partial charge in [-0.25, -0.2) is 0 Å². The third-order valence-corrected chi connectivity index (χ3v) is 5.68. The highest BCUT2D eigenvalue weighted by Crippen LogP contribution is 2.24. The maximum absolute atomic E-state index is 11.9. The number of unbranched alkanes of at least 4 members (excludes halogenated alkanes) is 13. The molecular formula is C23H45ClO2. The van der Waals surface area contributed by atoms with Crippen molar-refractivity contribution in [2.75, 3.05) is 6.61 Å². The SMILES string of the molecule is CCCCCCCCCCCCCCCCOC(=O)C1CCCCC1.Cl. The molecule has 3 heteroatoms. The van der Waals surface area contributed by atoms with Gasteiger partial charge in [0.2, 0.25) is 0 Å². The zero-order valence-corrected chi connectivity index (χ0v) is 18.3. The highest BCUT2D eigenvalue weighted by Gasteiger charge is 2.21. The minimum atomic E-state index is 0. The minimum absolute atomic E-state index is 0. The monoisotopic (exact) mass is 388 g/mol. The van der Waals surface area contributed by atoms with Crippen LogP contribution < -0.4 is 0 Å². The summed E-state index contributed by atoms with van der Waals surface area (Å²) in [6.07, 6.45) is 24.9. The highest BCUT2D eigenvalue weighted by molar-refractivity contribution is 5.85. The van der Waals surface area contributed by atoms with Crippen molar-refractivity contribution in [2.24, 2.45) is 5.92 Å². The molecule has 0 radical (unpaired) electrons. The summed E-state index contributed by atoms with van der Waals surface area (Å²) in [7, 11) is 0. The number of carbonyl (C=O) groups is 1. The predicted molar refractivity (Wildman–Crippen MR) is 115 cm³/mol. The maximum atomic E-state index is 11.9. The molecule has 0 bridgehead atoms. The van der Waals surface area contributed by atoms with Crippen LogP contribution in [0.15, 0.2) is 0 Å². The van der Waals surface area contributed by atoms with E-state index in [4.69, 9.17) is 4.74 Å². The van der Waals surface area contributed by atoms with Crippen molar-refractivity contribution in [1.29, 1.82) is 0 Å². The Morgan fingerprint density at radius 3 is 1.58 bits per heavy atom. The van der Waals surface area contributed by atoms with Gasteiger partial charge in [0.25, 0.3) is 0 Å². The zero-order chi connectivity index (χ0) is 18.0. The third-order valence-electron chi connectivity index (χ3n) is 5.68. The second kappa shape index (κ2) is 19.5. The van der Waals surface area contributed by atoms with Crippen molar-refractivity contribution in [1.82, 2.24) is 0 Å². The molecule has 0 amide bonds. The van der Waals surface area contributed by atoms with Gasteiger partial charge >= 0.3 is 5.97 Å². The van der Waals surface area contributed by atoms with Gasteiger partial charge in [-0.05, 0) is 19.3 Å². The summed E-state index contributed by atoms with van der Waals surface area (Å²) in [6.45, 7) is 2.93. The molecule has 0 aliphatic heterocycles. The normalized spacial score (nSPS) is 14.8. The number of rotatable bonds is 16. The first-order valence-electron chi connectivity index (χ1n) is 11.5. The van der Waals surface area contributed by atoms with Crippen LogP contribution in [0, 0.1) is 5.92 Å². The fourth-order valence-electron chi connectivity index (χ4n) is 3.93. The summed E-state index contributed by atoms with van der Waals surface area (Å²) in [5, 5.41) is 0. The summed E-state index contributed by atoms with van der Waals surface area (Å²) in [6, 6.07) is 0. The number of carbonyl (C=O) groups excluding carboxylic acids is 1. The first-order chi connectivity index (χ1) is 12.3. The van der Waals surface area contributed by atoms with Crippen LogP contribution in [0.3, 0.4) is 0 Å². The number of esters is 1. The molecule has 1 aliphatic rings. The number of ether oxygens (including phenoxy) is 1. The Bertz CT molecular complexity index is 301. The molecule has 1 rings (SSSR count). The van der Waals surface area contributed by atoms with E-state index in [-0.39, 0.29) is 24.3 Å². The molecule has 0 atom stereocenters. The van der Waals surface area contributed by atoms with E-state index in [1.54, 1.807) is 0 Å². The van der Waals surface area contributed by atoms with Crippen molar-refractivity contribution < 1.29 is 9.53 Å². The summed E-state index contributed by atoms with van der Waals surface area (Å²) in [4.78, 5) is 11.9. The number of halogens is 1. The zero-order valence-electron chi connectivity index (χ0n) is 17.4. The summed E-state index contributed by atoms with van der Waals surface area (Å²) in [5.74, 6) is 0.287. The molecule has 1 fully saturated rings. The van der Waals surface area contributed by atoms with Crippen LogP contribution in [0.2, 0.25) is 0 Å². The Labute approximate surface area is 169 Å². The molecule has 0 unspecified atom stereocenters. The molecule has 1 aliphatic carbocycles. The van der Waals surface area contributed by atoms with Crippen LogP contribution in [-0.4, -0.2) is 12.6 Å². The Hall–Kier alpha value is -0.240. The van der Waals surface area contributed by atoms with Gasteiger partial charge in [0.05, 0.1) is 12.5 Å². The summed E-state index contributed by atoms with van der Waals surface area (Å²) in [5.41, 5.74) is 0. The standard InChI is InChI=1S/C23H44O2.ClH/c1-2-3-4-5-6-7-8-9-10-11-12-13-14-18-21-25-23(24)22-19-16-15-17-20-22;/h22H,2-21H2,1H3;1H.